The summed E-state index contributed by atoms with van der Waals surface area (Å²) in [7, 11) is 0. The third kappa shape index (κ3) is 3.23. The Hall–Kier alpha value is -2.63. The normalized spacial score (nSPS) is 21.8. The predicted molar refractivity (Wildman–Crippen MR) is 97.5 cm³/mol. The molecule has 1 aromatic heterocycles. The Kier molecular flexibility index (Phi) is 4.26. The Morgan fingerprint density at radius 2 is 1.96 bits per heavy atom. The van der Waals surface area contributed by atoms with E-state index in [-0.39, 0.29) is 29.8 Å². The first-order valence-corrected chi connectivity index (χ1v) is 9.19. The molecule has 0 bridgehead atoms. The number of aromatic nitrogens is 2. The lowest BCUT2D eigenvalue weighted by atomic mass is 9.82. The Labute approximate surface area is 153 Å². The van der Waals surface area contributed by atoms with E-state index in [2.05, 4.69) is 10.4 Å². The summed E-state index contributed by atoms with van der Waals surface area (Å²) < 4.78 is 1.69. The van der Waals surface area contributed by atoms with Crippen LogP contribution in [0.25, 0.3) is 0 Å². The summed E-state index contributed by atoms with van der Waals surface area (Å²) in [5.41, 5.74) is 1.82. The molecular formula is C20H24N4O2. The highest BCUT2D eigenvalue weighted by atomic mass is 16.2. The molecule has 26 heavy (non-hydrogen) atoms. The summed E-state index contributed by atoms with van der Waals surface area (Å²) in [5.74, 6) is 0.125. The number of piperidine rings is 1. The first-order chi connectivity index (χ1) is 12.5. The summed E-state index contributed by atoms with van der Waals surface area (Å²) in [6, 6.07) is 11.9. The lowest BCUT2D eigenvalue weighted by Crippen LogP contribution is -2.52. The largest absolute Gasteiger partial charge is 0.350 e. The molecule has 1 spiro atoms. The van der Waals surface area contributed by atoms with Crippen LogP contribution in [0.15, 0.2) is 42.6 Å². The second-order valence-electron chi connectivity index (χ2n) is 7.47. The van der Waals surface area contributed by atoms with E-state index in [1.165, 1.54) is 0 Å². The number of likely N-dealkylation sites (tertiary alicyclic amines) is 1. The average Bonchev–Trinajstić information content (AvgIpc) is 3.19. The molecule has 6 nitrogen and oxygen atoms in total. The zero-order valence-electron chi connectivity index (χ0n) is 15.0. The van der Waals surface area contributed by atoms with Crippen LogP contribution in [0.1, 0.15) is 36.4 Å². The molecule has 0 saturated carbocycles. The molecule has 2 saturated heterocycles. The van der Waals surface area contributed by atoms with Gasteiger partial charge in [0.25, 0.3) is 0 Å². The molecule has 1 unspecified atom stereocenters. The van der Waals surface area contributed by atoms with E-state index in [1.807, 2.05) is 54.4 Å². The van der Waals surface area contributed by atoms with Crippen LogP contribution in [-0.4, -0.2) is 45.1 Å². The number of carbonyl (C=O) groups excluding carboxylic acids is 2. The highest BCUT2D eigenvalue weighted by Gasteiger charge is 2.46. The summed E-state index contributed by atoms with van der Waals surface area (Å²) in [5, 5.41) is 7.52. The van der Waals surface area contributed by atoms with Crippen LogP contribution in [-0.2, 0) is 16.1 Å². The number of benzene rings is 1. The van der Waals surface area contributed by atoms with Crippen molar-refractivity contribution in [3.05, 3.63) is 53.9 Å². The van der Waals surface area contributed by atoms with Crippen LogP contribution >= 0.6 is 0 Å². The smallest absolute Gasteiger partial charge is 0.244 e. The maximum Gasteiger partial charge on any atom is 0.244 e. The van der Waals surface area contributed by atoms with Crippen LogP contribution < -0.4 is 5.32 Å². The van der Waals surface area contributed by atoms with Crippen molar-refractivity contribution in [1.82, 2.24) is 20.0 Å². The molecule has 1 atom stereocenters. The molecule has 2 fully saturated rings. The minimum absolute atomic E-state index is 0.0782. The van der Waals surface area contributed by atoms with Crippen molar-refractivity contribution in [2.24, 2.45) is 0 Å². The summed E-state index contributed by atoms with van der Waals surface area (Å²) in [6.07, 6.45) is 4.27. The van der Waals surface area contributed by atoms with Gasteiger partial charge in [-0.05, 0) is 37.8 Å². The molecule has 2 aliphatic heterocycles. The van der Waals surface area contributed by atoms with Crippen LogP contribution in [0.4, 0.5) is 0 Å². The molecule has 136 valence electrons. The van der Waals surface area contributed by atoms with Gasteiger partial charge in [0.2, 0.25) is 11.8 Å². The lowest BCUT2D eigenvalue weighted by Gasteiger charge is -2.39. The van der Waals surface area contributed by atoms with E-state index in [0.29, 0.717) is 13.1 Å². The van der Waals surface area contributed by atoms with Gasteiger partial charge in [0.05, 0.1) is 11.6 Å². The van der Waals surface area contributed by atoms with Gasteiger partial charge in [0.1, 0.15) is 6.54 Å². The number of nitrogens with one attached hydrogen (secondary N) is 1. The molecule has 0 aliphatic carbocycles. The van der Waals surface area contributed by atoms with E-state index in [9.17, 15) is 9.59 Å². The van der Waals surface area contributed by atoms with Gasteiger partial charge < -0.3 is 10.2 Å². The molecule has 1 aromatic carbocycles. The zero-order chi connectivity index (χ0) is 18.1. The van der Waals surface area contributed by atoms with E-state index in [0.717, 1.165) is 30.5 Å². The third-order valence-electron chi connectivity index (χ3n) is 5.65. The van der Waals surface area contributed by atoms with E-state index in [1.54, 1.807) is 4.68 Å². The summed E-state index contributed by atoms with van der Waals surface area (Å²) in [4.78, 5) is 26.9. The van der Waals surface area contributed by atoms with Crippen molar-refractivity contribution in [1.29, 1.82) is 0 Å². The van der Waals surface area contributed by atoms with Crippen molar-refractivity contribution in [2.45, 2.75) is 44.2 Å². The second kappa shape index (κ2) is 6.59. The molecule has 2 aromatic rings. The number of aryl methyl sites for hydroxylation is 1. The van der Waals surface area contributed by atoms with Crippen molar-refractivity contribution < 1.29 is 9.59 Å². The first kappa shape index (κ1) is 16.8. The molecule has 3 heterocycles. The van der Waals surface area contributed by atoms with Crippen molar-refractivity contribution in [2.75, 3.05) is 13.1 Å². The fourth-order valence-corrected chi connectivity index (χ4v) is 4.14. The molecule has 2 aliphatic rings. The van der Waals surface area contributed by atoms with Crippen molar-refractivity contribution >= 4 is 11.8 Å². The van der Waals surface area contributed by atoms with Gasteiger partial charge in [0, 0.05) is 24.8 Å². The third-order valence-corrected chi connectivity index (χ3v) is 5.65. The average molecular weight is 352 g/mol. The molecule has 0 radical (unpaired) electrons. The van der Waals surface area contributed by atoms with Crippen LogP contribution in [0.5, 0.6) is 0 Å². The number of rotatable bonds is 3. The minimum Gasteiger partial charge on any atom is -0.350 e. The van der Waals surface area contributed by atoms with Gasteiger partial charge in [-0.2, -0.15) is 5.10 Å². The molecule has 6 heteroatoms. The maximum atomic E-state index is 12.5. The second-order valence-corrected chi connectivity index (χ2v) is 7.47. The topological polar surface area (TPSA) is 67.2 Å². The Bertz CT molecular complexity index is 806. The fourth-order valence-electron chi connectivity index (χ4n) is 4.14. The van der Waals surface area contributed by atoms with Gasteiger partial charge in [-0.25, -0.2) is 0 Å². The number of carbonyl (C=O) groups is 2. The van der Waals surface area contributed by atoms with Gasteiger partial charge in [0.15, 0.2) is 0 Å². The zero-order valence-corrected chi connectivity index (χ0v) is 15.0. The van der Waals surface area contributed by atoms with Gasteiger partial charge in [-0.1, -0.05) is 30.3 Å². The summed E-state index contributed by atoms with van der Waals surface area (Å²) in [6.45, 7) is 3.55. The predicted octanol–water partition coefficient (Wildman–Crippen LogP) is 1.86. The quantitative estimate of drug-likeness (QED) is 0.917. The van der Waals surface area contributed by atoms with E-state index >= 15 is 0 Å². The molecule has 1 N–H and O–H groups in total. The van der Waals surface area contributed by atoms with Crippen LogP contribution in [0.3, 0.4) is 0 Å². The van der Waals surface area contributed by atoms with Crippen molar-refractivity contribution in [3.8, 4) is 0 Å². The van der Waals surface area contributed by atoms with E-state index < -0.39 is 0 Å². The van der Waals surface area contributed by atoms with Crippen LogP contribution in [0, 0.1) is 6.92 Å². The number of amides is 2. The van der Waals surface area contributed by atoms with E-state index in [4.69, 9.17) is 0 Å². The molecule has 4 rings (SSSR count). The number of hydrogen-bond acceptors (Lipinski definition) is 3. The monoisotopic (exact) mass is 352 g/mol. The highest BCUT2D eigenvalue weighted by Crippen LogP contribution is 2.39. The summed E-state index contributed by atoms with van der Waals surface area (Å²) >= 11 is 0. The highest BCUT2D eigenvalue weighted by molar-refractivity contribution is 5.87. The van der Waals surface area contributed by atoms with Gasteiger partial charge in [-0.3, -0.25) is 14.3 Å². The minimum atomic E-state index is -0.170. The molecule has 2 amide bonds. The maximum absolute atomic E-state index is 12.5. The van der Waals surface area contributed by atoms with Gasteiger partial charge >= 0.3 is 0 Å². The van der Waals surface area contributed by atoms with Crippen LogP contribution in [0.2, 0.25) is 0 Å². The Morgan fingerprint density at radius 1 is 1.23 bits per heavy atom. The number of hydrogen-bond donors (Lipinski definition) is 1. The Morgan fingerprint density at radius 3 is 2.62 bits per heavy atom. The molecular weight excluding hydrogens is 328 g/mol. The standard InChI is InChI=1S/C20H24N4O2/c1-15-7-10-24(22-15)14-18(25)23-11-8-20(9-12-23)13-17(19(26)21-20)16-5-3-2-4-6-16/h2-7,10,17H,8-9,11-14H2,1H3,(H,21,26). The van der Waals surface area contributed by atoms with Crippen molar-refractivity contribution in [3.63, 3.8) is 0 Å². The first-order valence-electron chi connectivity index (χ1n) is 9.19. The SMILES string of the molecule is Cc1ccn(CC(=O)N2CCC3(CC2)CC(c2ccccc2)C(=O)N3)n1. The fraction of sp³-hybridized carbons (Fsp3) is 0.450. The van der Waals surface area contributed by atoms with Gasteiger partial charge in [-0.15, -0.1) is 0 Å². The number of nitrogens with zero attached hydrogens (tertiary/aromatic N) is 3. The lowest BCUT2D eigenvalue weighted by molar-refractivity contribution is -0.133. The Balaban J connectivity index is 1.37.